The van der Waals surface area contributed by atoms with Crippen molar-refractivity contribution in [3.63, 3.8) is 0 Å². The molecule has 2 rings (SSSR count). The Morgan fingerprint density at radius 2 is 1.68 bits per heavy atom. The van der Waals surface area contributed by atoms with E-state index in [0.29, 0.717) is 24.2 Å². The molecule has 0 atom stereocenters. The number of carbonyl (C=O) groups is 2. The number of amides is 2. The molecule has 0 fully saturated rings. The van der Waals surface area contributed by atoms with Crippen molar-refractivity contribution in [3.05, 3.63) is 54.1 Å². The van der Waals surface area contributed by atoms with Gasteiger partial charge in [-0.1, -0.05) is 12.1 Å². The van der Waals surface area contributed by atoms with E-state index in [-0.39, 0.29) is 18.2 Å². The summed E-state index contributed by atoms with van der Waals surface area (Å²) in [6.45, 7) is 0. The Morgan fingerprint density at radius 1 is 1.04 bits per heavy atom. The van der Waals surface area contributed by atoms with Gasteiger partial charge < -0.3 is 15.4 Å². The summed E-state index contributed by atoms with van der Waals surface area (Å²) in [5.41, 5.74) is 2.26. The van der Waals surface area contributed by atoms with Crippen LogP contribution < -0.4 is 15.4 Å². The largest absolute Gasteiger partial charge is 0.497 e. The molecule has 6 heteroatoms. The van der Waals surface area contributed by atoms with Crippen molar-refractivity contribution in [2.75, 3.05) is 17.7 Å². The van der Waals surface area contributed by atoms with Crippen LogP contribution in [0, 0.1) is 11.3 Å². The molecule has 6 nitrogen and oxygen atoms in total. The second-order valence-electron chi connectivity index (χ2n) is 5.36. The highest BCUT2D eigenvalue weighted by Gasteiger charge is 2.05. The molecule has 25 heavy (non-hydrogen) atoms. The number of ether oxygens (including phenoxy) is 1. The highest BCUT2D eigenvalue weighted by Crippen LogP contribution is 2.16. The Labute approximate surface area is 146 Å². The first-order valence-electron chi connectivity index (χ1n) is 7.80. The van der Waals surface area contributed by atoms with Crippen molar-refractivity contribution in [2.24, 2.45) is 0 Å². The van der Waals surface area contributed by atoms with E-state index in [1.54, 1.807) is 37.4 Å². The van der Waals surface area contributed by atoms with Crippen molar-refractivity contribution in [3.8, 4) is 11.8 Å². The van der Waals surface area contributed by atoms with E-state index in [1.807, 2.05) is 24.3 Å². The second-order valence-corrected chi connectivity index (χ2v) is 5.36. The molecule has 0 aliphatic carbocycles. The Morgan fingerprint density at radius 3 is 2.28 bits per heavy atom. The highest BCUT2D eigenvalue weighted by molar-refractivity contribution is 5.93. The van der Waals surface area contributed by atoms with Crippen molar-refractivity contribution in [2.45, 2.75) is 19.3 Å². The first-order chi connectivity index (χ1) is 12.1. The fraction of sp³-hybridized carbons (Fsp3) is 0.211. The quantitative estimate of drug-likeness (QED) is 0.812. The third-order valence-electron chi connectivity index (χ3n) is 3.47. The van der Waals surface area contributed by atoms with Gasteiger partial charge in [-0.3, -0.25) is 9.59 Å². The van der Waals surface area contributed by atoms with Crippen molar-refractivity contribution >= 4 is 23.2 Å². The third-order valence-corrected chi connectivity index (χ3v) is 3.47. The van der Waals surface area contributed by atoms with E-state index in [0.717, 1.165) is 11.3 Å². The summed E-state index contributed by atoms with van der Waals surface area (Å²) >= 11 is 0. The zero-order chi connectivity index (χ0) is 18.1. The van der Waals surface area contributed by atoms with E-state index in [9.17, 15) is 9.59 Å². The maximum absolute atomic E-state index is 12.0. The molecule has 0 saturated heterocycles. The summed E-state index contributed by atoms with van der Waals surface area (Å²) in [5, 5.41) is 13.9. The molecule has 0 saturated carbocycles. The number of aryl methyl sites for hydroxylation is 1. The van der Waals surface area contributed by atoms with E-state index in [2.05, 4.69) is 10.6 Å². The van der Waals surface area contributed by atoms with Gasteiger partial charge in [-0.05, 0) is 48.4 Å². The van der Waals surface area contributed by atoms with Gasteiger partial charge in [0, 0.05) is 17.8 Å². The highest BCUT2D eigenvalue weighted by atomic mass is 16.5. The summed E-state index contributed by atoms with van der Waals surface area (Å²) in [6, 6.07) is 16.1. The number of nitrogens with one attached hydrogen (secondary N) is 2. The van der Waals surface area contributed by atoms with Crippen LogP contribution in [0.2, 0.25) is 0 Å². The molecule has 2 aromatic rings. The minimum Gasteiger partial charge on any atom is -0.497 e. The average molecular weight is 337 g/mol. The fourth-order valence-electron chi connectivity index (χ4n) is 2.22. The normalized spacial score (nSPS) is 9.76. The van der Waals surface area contributed by atoms with Crippen LogP contribution in [0.5, 0.6) is 5.75 Å². The number of anilines is 2. The van der Waals surface area contributed by atoms with Gasteiger partial charge in [0.1, 0.15) is 12.2 Å². The lowest BCUT2D eigenvalue weighted by molar-refractivity contribution is -0.116. The van der Waals surface area contributed by atoms with Gasteiger partial charge in [0.05, 0.1) is 13.2 Å². The predicted octanol–water partition coefficient (Wildman–Crippen LogP) is 3.12. The molecule has 2 aromatic carbocycles. The Bertz CT molecular complexity index is 779. The molecule has 0 aromatic heterocycles. The number of hydrogen-bond acceptors (Lipinski definition) is 4. The van der Waals surface area contributed by atoms with Crippen LogP contribution in [0.4, 0.5) is 11.4 Å². The van der Waals surface area contributed by atoms with Gasteiger partial charge in [-0.25, -0.2) is 0 Å². The number of nitrogens with zero attached hydrogens (tertiary/aromatic N) is 1. The molecule has 0 bridgehead atoms. The molecule has 0 unspecified atom stereocenters. The number of nitriles is 1. The van der Waals surface area contributed by atoms with Crippen LogP contribution in [0.15, 0.2) is 48.5 Å². The molecule has 2 N–H and O–H groups in total. The Hall–Kier alpha value is -3.33. The number of rotatable bonds is 7. The molecule has 0 heterocycles. The molecular weight excluding hydrogens is 318 g/mol. The van der Waals surface area contributed by atoms with E-state index in [1.165, 1.54) is 0 Å². The van der Waals surface area contributed by atoms with Gasteiger partial charge in [0.25, 0.3) is 0 Å². The van der Waals surface area contributed by atoms with E-state index >= 15 is 0 Å². The van der Waals surface area contributed by atoms with Crippen LogP contribution in [-0.4, -0.2) is 18.9 Å². The topological polar surface area (TPSA) is 91.2 Å². The van der Waals surface area contributed by atoms with Gasteiger partial charge >= 0.3 is 0 Å². The van der Waals surface area contributed by atoms with Gasteiger partial charge in [-0.2, -0.15) is 5.26 Å². The van der Waals surface area contributed by atoms with Crippen LogP contribution in [0.1, 0.15) is 18.4 Å². The van der Waals surface area contributed by atoms with Crippen LogP contribution >= 0.6 is 0 Å². The molecule has 2 amide bonds. The van der Waals surface area contributed by atoms with Crippen LogP contribution in [0.3, 0.4) is 0 Å². The van der Waals surface area contributed by atoms with E-state index < -0.39 is 0 Å². The number of benzene rings is 2. The van der Waals surface area contributed by atoms with Crippen LogP contribution in [-0.2, 0) is 16.0 Å². The zero-order valence-corrected chi connectivity index (χ0v) is 13.9. The summed E-state index contributed by atoms with van der Waals surface area (Å²) < 4.78 is 5.16. The van der Waals surface area contributed by atoms with Crippen molar-refractivity contribution in [1.82, 2.24) is 0 Å². The maximum atomic E-state index is 12.0. The maximum Gasteiger partial charge on any atom is 0.238 e. The molecule has 0 aliphatic heterocycles. The smallest absolute Gasteiger partial charge is 0.238 e. The minimum absolute atomic E-state index is 0.0934. The lowest BCUT2D eigenvalue weighted by atomic mass is 10.1. The standard InChI is InChI=1S/C19H19N3O3/c1-25-17-4-2-3-14(13-17)5-10-18(23)21-15-6-8-16(9-7-15)22-19(24)11-12-20/h2-4,6-9,13H,5,10-11H2,1H3,(H,21,23)(H,22,24). The van der Waals surface area contributed by atoms with Gasteiger partial charge in [0.15, 0.2) is 0 Å². The van der Waals surface area contributed by atoms with Crippen LogP contribution in [0.25, 0.3) is 0 Å². The second kappa shape index (κ2) is 9.08. The molecule has 0 aliphatic rings. The first-order valence-corrected chi connectivity index (χ1v) is 7.80. The summed E-state index contributed by atoms with van der Waals surface area (Å²) in [5.74, 6) is 0.314. The number of carbonyl (C=O) groups excluding carboxylic acids is 2. The van der Waals surface area contributed by atoms with Crippen molar-refractivity contribution in [1.29, 1.82) is 5.26 Å². The zero-order valence-electron chi connectivity index (χ0n) is 13.9. The lowest BCUT2D eigenvalue weighted by Gasteiger charge is -2.08. The molecule has 0 spiro atoms. The first kappa shape index (κ1) is 18.0. The Kier molecular flexibility index (Phi) is 6.55. The number of hydrogen-bond donors (Lipinski definition) is 2. The third kappa shape index (κ3) is 5.99. The minimum atomic E-state index is -0.363. The summed E-state index contributed by atoms with van der Waals surface area (Å²) in [7, 11) is 1.61. The monoisotopic (exact) mass is 337 g/mol. The van der Waals surface area contributed by atoms with Gasteiger partial charge in [0.2, 0.25) is 11.8 Å². The number of methoxy groups -OCH3 is 1. The van der Waals surface area contributed by atoms with E-state index in [4.69, 9.17) is 10.00 Å². The fourth-order valence-corrected chi connectivity index (χ4v) is 2.22. The molecule has 0 radical (unpaired) electrons. The summed E-state index contributed by atoms with van der Waals surface area (Å²) in [4.78, 5) is 23.4. The molecule has 128 valence electrons. The Balaban J connectivity index is 1.84. The van der Waals surface area contributed by atoms with Crippen molar-refractivity contribution < 1.29 is 14.3 Å². The molecular formula is C19H19N3O3. The van der Waals surface area contributed by atoms with Gasteiger partial charge in [-0.15, -0.1) is 0 Å². The summed E-state index contributed by atoms with van der Waals surface area (Å²) in [6.07, 6.45) is 0.780. The SMILES string of the molecule is COc1cccc(CCC(=O)Nc2ccc(NC(=O)CC#N)cc2)c1. The average Bonchev–Trinajstić information content (AvgIpc) is 2.62. The lowest BCUT2D eigenvalue weighted by Crippen LogP contribution is -2.13. The predicted molar refractivity (Wildman–Crippen MR) is 95.2 cm³/mol.